The zero-order valence-corrected chi connectivity index (χ0v) is 19.5. The van der Waals surface area contributed by atoms with Crippen molar-refractivity contribution in [2.75, 3.05) is 12.3 Å². The molecule has 0 heterocycles. The molecule has 4 aromatic carbocycles. The molecule has 0 nitrogen and oxygen atoms in total. The maximum absolute atomic E-state index is 2.34. The fraction of sp³-hybridized carbons (Fsp3) is 0.143. The fourth-order valence-corrected chi connectivity index (χ4v) is 9.68. The Morgan fingerprint density at radius 1 is 0.433 bits per heavy atom. The topological polar surface area (TPSA) is 0 Å². The van der Waals surface area contributed by atoms with E-state index in [2.05, 4.69) is 123 Å². The average molecular weight is 426 g/mol. The predicted octanol–water partition coefficient (Wildman–Crippen LogP) is 5.87. The van der Waals surface area contributed by atoms with Gasteiger partial charge in [0.2, 0.25) is 0 Å². The van der Waals surface area contributed by atoms with E-state index in [4.69, 9.17) is 0 Å². The summed E-state index contributed by atoms with van der Waals surface area (Å²) < 4.78 is 0. The molecule has 0 bridgehead atoms. The molecule has 0 fully saturated rings. The summed E-state index contributed by atoms with van der Waals surface area (Å²) in [5.41, 5.74) is 2.82. The Kier molecular flexibility index (Phi) is 7.11. The summed E-state index contributed by atoms with van der Waals surface area (Å²) in [6.45, 7) is 4.52. The highest BCUT2D eigenvalue weighted by molar-refractivity contribution is 7.76. The van der Waals surface area contributed by atoms with Crippen molar-refractivity contribution < 1.29 is 0 Å². The summed E-state index contributed by atoms with van der Waals surface area (Å²) in [5, 5.41) is 6.00. The quantitative estimate of drug-likeness (QED) is 0.324. The molecule has 30 heavy (non-hydrogen) atoms. The standard InChI is InChI=1S/C28H28P2/c1-23-13-9-11-19-27(23)29(25-15-5-3-6-16-25)21-22-30(26-17-7-4-8-18-26)28-20-12-10-14-24(28)2/h3-20H,21-22H2,1-2H3/t29-,30-/m0/s1. The number of hydrogen-bond donors (Lipinski definition) is 0. The lowest BCUT2D eigenvalue weighted by Crippen LogP contribution is -2.22. The van der Waals surface area contributed by atoms with Crippen LogP contribution in [0, 0.1) is 13.8 Å². The van der Waals surface area contributed by atoms with E-state index in [0.717, 1.165) is 0 Å². The van der Waals surface area contributed by atoms with Crippen molar-refractivity contribution in [1.82, 2.24) is 0 Å². The molecule has 4 aromatic rings. The van der Waals surface area contributed by atoms with Gasteiger partial charge in [0.05, 0.1) is 0 Å². The van der Waals surface area contributed by atoms with Crippen molar-refractivity contribution in [2.24, 2.45) is 0 Å². The maximum Gasteiger partial charge on any atom is -0.0166 e. The molecule has 0 aliphatic carbocycles. The molecular formula is C28H28P2. The molecule has 2 atom stereocenters. The van der Waals surface area contributed by atoms with E-state index < -0.39 is 0 Å². The molecule has 0 aromatic heterocycles. The summed E-state index contributed by atoms with van der Waals surface area (Å²) in [6, 6.07) is 40.2. The molecule has 0 spiro atoms. The molecule has 0 radical (unpaired) electrons. The first kappa shape index (κ1) is 21.0. The van der Waals surface area contributed by atoms with Gasteiger partial charge in [0, 0.05) is 0 Å². The van der Waals surface area contributed by atoms with Crippen LogP contribution in [0.3, 0.4) is 0 Å². The Bertz CT molecular complexity index is 985. The van der Waals surface area contributed by atoms with Gasteiger partial charge in [-0.3, -0.25) is 0 Å². The van der Waals surface area contributed by atoms with Crippen molar-refractivity contribution >= 4 is 37.1 Å². The lowest BCUT2D eigenvalue weighted by atomic mass is 10.2. The SMILES string of the molecule is Cc1ccccc1[P@@](CC[P@@](c1ccccc1)c1ccccc1C)c1ccccc1. The molecule has 0 aliphatic heterocycles. The highest BCUT2D eigenvalue weighted by Gasteiger charge is 2.21. The summed E-state index contributed by atoms with van der Waals surface area (Å²) in [5.74, 6) is 0. The minimum absolute atomic E-state index is 0.378. The molecule has 0 amide bonds. The second-order valence-electron chi connectivity index (χ2n) is 7.55. The zero-order valence-electron chi connectivity index (χ0n) is 17.7. The van der Waals surface area contributed by atoms with Crippen LogP contribution in [0.15, 0.2) is 109 Å². The van der Waals surface area contributed by atoms with E-state index in [0.29, 0.717) is 0 Å². The normalized spacial score (nSPS) is 13.0. The van der Waals surface area contributed by atoms with Crippen LogP contribution < -0.4 is 21.2 Å². The second-order valence-corrected chi connectivity index (χ2v) is 12.2. The monoisotopic (exact) mass is 426 g/mol. The molecule has 4 rings (SSSR count). The molecule has 2 heteroatoms. The Hall–Kier alpha value is -2.26. The van der Waals surface area contributed by atoms with Crippen LogP contribution in [0.1, 0.15) is 11.1 Å². The van der Waals surface area contributed by atoms with E-state index in [1.54, 1.807) is 0 Å². The van der Waals surface area contributed by atoms with Crippen LogP contribution in [-0.2, 0) is 0 Å². The summed E-state index contributed by atoms with van der Waals surface area (Å²) in [7, 11) is -0.757. The highest BCUT2D eigenvalue weighted by Crippen LogP contribution is 2.42. The Balaban J connectivity index is 1.70. The van der Waals surface area contributed by atoms with E-state index in [9.17, 15) is 0 Å². The van der Waals surface area contributed by atoms with Crippen molar-refractivity contribution in [3.63, 3.8) is 0 Å². The number of hydrogen-bond acceptors (Lipinski definition) is 0. The summed E-state index contributed by atoms with van der Waals surface area (Å²) in [4.78, 5) is 0. The lowest BCUT2D eigenvalue weighted by molar-refractivity contribution is 1.47. The number of aryl methyl sites for hydroxylation is 2. The number of rotatable bonds is 7. The van der Waals surface area contributed by atoms with Crippen LogP contribution in [0.4, 0.5) is 0 Å². The second kappa shape index (κ2) is 10.2. The Morgan fingerprint density at radius 2 is 0.767 bits per heavy atom. The van der Waals surface area contributed by atoms with Crippen LogP contribution in [0.2, 0.25) is 0 Å². The first-order valence-corrected chi connectivity index (χ1v) is 13.6. The van der Waals surface area contributed by atoms with Gasteiger partial charge in [-0.05, 0) is 74.4 Å². The first-order chi connectivity index (χ1) is 14.7. The van der Waals surface area contributed by atoms with Crippen molar-refractivity contribution in [2.45, 2.75) is 13.8 Å². The van der Waals surface area contributed by atoms with Gasteiger partial charge in [0.25, 0.3) is 0 Å². The van der Waals surface area contributed by atoms with Gasteiger partial charge >= 0.3 is 0 Å². The third kappa shape index (κ3) is 4.89. The predicted molar refractivity (Wildman–Crippen MR) is 137 cm³/mol. The molecule has 0 saturated heterocycles. The van der Waals surface area contributed by atoms with Crippen molar-refractivity contribution in [3.8, 4) is 0 Å². The largest absolute Gasteiger partial charge is 0.0622 e. The van der Waals surface area contributed by atoms with Crippen LogP contribution in [0.5, 0.6) is 0 Å². The minimum Gasteiger partial charge on any atom is -0.0622 e. The molecule has 150 valence electrons. The molecule has 0 aliphatic rings. The average Bonchev–Trinajstić information content (AvgIpc) is 2.80. The van der Waals surface area contributed by atoms with E-state index >= 15 is 0 Å². The fourth-order valence-electron chi connectivity index (χ4n) is 3.93. The van der Waals surface area contributed by atoms with Gasteiger partial charge in [-0.2, -0.15) is 0 Å². The highest BCUT2D eigenvalue weighted by atomic mass is 31.1. The Labute approximate surface area is 183 Å². The molecule has 0 unspecified atom stereocenters. The third-order valence-corrected chi connectivity index (χ3v) is 11.2. The summed E-state index contributed by atoms with van der Waals surface area (Å²) >= 11 is 0. The van der Waals surface area contributed by atoms with Gasteiger partial charge in [-0.1, -0.05) is 109 Å². The van der Waals surface area contributed by atoms with Gasteiger partial charge in [0.1, 0.15) is 0 Å². The van der Waals surface area contributed by atoms with Gasteiger partial charge in [-0.15, -0.1) is 0 Å². The van der Waals surface area contributed by atoms with Gasteiger partial charge in [-0.25, -0.2) is 0 Å². The Morgan fingerprint density at radius 3 is 1.13 bits per heavy atom. The molecule has 0 N–H and O–H groups in total. The third-order valence-electron chi connectivity index (χ3n) is 5.50. The first-order valence-electron chi connectivity index (χ1n) is 10.5. The number of benzene rings is 4. The van der Waals surface area contributed by atoms with Gasteiger partial charge < -0.3 is 0 Å². The van der Waals surface area contributed by atoms with Gasteiger partial charge in [0.15, 0.2) is 0 Å². The zero-order chi connectivity index (χ0) is 20.8. The minimum atomic E-state index is -0.378. The molecule has 0 saturated carbocycles. The van der Waals surface area contributed by atoms with Crippen LogP contribution in [0.25, 0.3) is 0 Å². The maximum atomic E-state index is 2.34. The smallest absolute Gasteiger partial charge is 0.0166 e. The van der Waals surface area contributed by atoms with Crippen LogP contribution >= 0.6 is 15.8 Å². The lowest BCUT2D eigenvalue weighted by Gasteiger charge is -2.25. The van der Waals surface area contributed by atoms with Crippen molar-refractivity contribution in [3.05, 3.63) is 120 Å². The van der Waals surface area contributed by atoms with Crippen molar-refractivity contribution in [1.29, 1.82) is 0 Å². The van der Waals surface area contributed by atoms with Crippen LogP contribution in [-0.4, -0.2) is 12.3 Å². The van der Waals surface area contributed by atoms with E-state index in [-0.39, 0.29) is 15.8 Å². The van der Waals surface area contributed by atoms with E-state index in [1.807, 2.05) is 0 Å². The van der Waals surface area contributed by atoms with E-state index in [1.165, 1.54) is 44.7 Å². The molecular weight excluding hydrogens is 398 g/mol. The summed E-state index contributed by atoms with van der Waals surface area (Å²) in [6.07, 6.45) is 2.41.